The molecule has 0 fully saturated rings. The molecule has 2 heterocycles. The average molecular weight is 683 g/mol. The fourth-order valence-corrected chi connectivity index (χ4v) is 7.18. The molecule has 0 spiro atoms. The molecule has 0 bridgehead atoms. The van der Waals surface area contributed by atoms with Crippen LogP contribution in [0.25, 0.3) is 89.8 Å². The third-order valence-electron chi connectivity index (χ3n) is 9.70. The summed E-state index contributed by atoms with van der Waals surface area (Å²) in [4.78, 5) is 15.6. The van der Waals surface area contributed by atoms with Crippen molar-refractivity contribution in [2.75, 3.05) is 5.73 Å². The molecular weight excluding hydrogens is 649 g/mol. The van der Waals surface area contributed by atoms with Gasteiger partial charge in [-0.1, -0.05) is 146 Å². The Hall–Kier alpha value is -7.11. The number of para-hydroxylation sites is 2. The minimum Gasteiger partial charge on any atom is -0.436 e. The molecule has 0 aliphatic rings. The number of anilines is 1. The van der Waals surface area contributed by atoms with Crippen LogP contribution in [0.4, 0.5) is 5.69 Å². The lowest BCUT2D eigenvalue weighted by molar-refractivity contribution is 0.620. The Balaban J connectivity index is 1.26. The van der Waals surface area contributed by atoms with E-state index in [1.807, 2.05) is 66.7 Å². The van der Waals surface area contributed by atoms with Gasteiger partial charge in [-0.15, -0.1) is 0 Å². The quantitative estimate of drug-likeness (QED) is 0.169. The van der Waals surface area contributed by atoms with Gasteiger partial charge in [-0.05, 0) is 70.6 Å². The number of nitrogens with two attached hydrogens (primary N) is 1. The van der Waals surface area contributed by atoms with Crippen LogP contribution in [-0.4, -0.2) is 15.0 Å². The van der Waals surface area contributed by atoms with Gasteiger partial charge in [0.25, 0.3) is 0 Å². The number of hydrogen-bond donors (Lipinski definition) is 1. The molecule has 7 aromatic carbocycles. The van der Waals surface area contributed by atoms with Gasteiger partial charge in [-0.2, -0.15) is 0 Å². The molecule has 2 N–H and O–H groups in total. The molecule has 2 aromatic heterocycles. The van der Waals surface area contributed by atoms with E-state index in [9.17, 15) is 0 Å². The Morgan fingerprint density at radius 1 is 0.415 bits per heavy atom. The fourth-order valence-electron chi connectivity index (χ4n) is 7.18. The van der Waals surface area contributed by atoms with E-state index in [1.54, 1.807) is 0 Å². The van der Waals surface area contributed by atoms with E-state index < -0.39 is 0 Å². The lowest BCUT2D eigenvalue weighted by Gasteiger charge is -2.19. The van der Waals surface area contributed by atoms with Crippen LogP contribution < -0.4 is 5.73 Å². The largest absolute Gasteiger partial charge is 0.436 e. The van der Waals surface area contributed by atoms with Crippen LogP contribution in [-0.2, 0) is 0 Å². The summed E-state index contributed by atoms with van der Waals surface area (Å²) in [7, 11) is 0. The minimum absolute atomic E-state index is 0.590. The van der Waals surface area contributed by atoms with E-state index >= 15 is 0 Å². The molecular formula is C48H34N4O. The van der Waals surface area contributed by atoms with Crippen LogP contribution >= 0.6 is 0 Å². The van der Waals surface area contributed by atoms with Crippen molar-refractivity contribution < 1.29 is 4.42 Å². The second-order valence-electron chi connectivity index (χ2n) is 13.0. The summed E-state index contributed by atoms with van der Waals surface area (Å²) >= 11 is 0. The molecule has 0 unspecified atom stereocenters. The fraction of sp³-hybridized carbons (Fsp3) is 0.0208. The minimum atomic E-state index is 0.590. The van der Waals surface area contributed by atoms with Crippen LogP contribution in [0.1, 0.15) is 5.56 Å². The lowest BCUT2D eigenvalue weighted by Crippen LogP contribution is -2.02. The number of hydrogen-bond acceptors (Lipinski definition) is 5. The third-order valence-corrected chi connectivity index (χ3v) is 9.70. The number of benzene rings is 7. The van der Waals surface area contributed by atoms with Crippen molar-refractivity contribution in [2.45, 2.75) is 6.92 Å². The van der Waals surface area contributed by atoms with Gasteiger partial charge >= 0.3 is 0 Å². The molecule has 0 radical (unpaired) electrons. The highest BCUT2D eigenvalue weighted by atomic mass is 16.3. The van der Waals surface area contributed by atoms with Gasteiger partial charge < -0.3 is 10.2 Å². The van der Waals surface area contributed by atoms with Crippen molar-refractivity contribution in [3.8, 4) is 78.7 Å². The summed E-state index contributed by atoms with van der Waals surface area (Å²) in [6, 6.07) is 59.8. The van der Waals surface area contributed by atoms with Gasteiger partial charge in [0.1, 0.15) is 5.52 Å². The zero-order valence-corrected chi connectivity index (χ0v) is 29.1. The van der Waals surface area contributed by atoms with Crippen molar-refractivity contribution in [1.29, 1.82) is 0 Å². The van der Waals surface area contributed by atoms with Crippen molar-refractivity contribution in [3.05, 3.63) is 181 Å². The summed E-state index contributed by atoms with van der Waals surface area (Å²) in [5.74, 6) is 1.24. The van der Waals surface area contributed by atoms with Crippen molar-refractivity contribution in [1.82, 2.24) is 15.0 Å². The van der Waals surface area contributed by atoms with E-state index in [1.165, 1.54) is 0 Å². The Labute approximate surface area is 308 Å². The molecule has 9 rings (SSSR count). The van der Waals surface area contributed by atoms with Crippen molar-refractivity contribution in [2.24, 2.45) is 0 Å². The van der Waals surface area contributed by atoms with Crippen molar-refractivity contribution >= 4 is 16.8 Å². The van der Waals surface area contributed by atoms with Crippen LogP contribution in [0.15, 0.2) is 180 Å². The summed E-state index contributed by atoms with van der Waals surface area (Å²) in [6.07, 6.45) is 0. The topological polar surface area (TPSA) is 77.8 Å². The predicted molar refractivity (Wildman–Crippen MR) is 217 cm³/mol. The second kappa shape index (κ2) is 13.5. The van der Waals surface area contributed by atoms with Gasteiger partial charge in [0.15, 0.2) is 11.4 Å². The monoisotopic (exact) mass is 682 g/mol. The molecule has 0 saturated carbocycles. The number of fused-ring (bicyclic) bond motifs is 1. The van der Waals surface area contributed by atoms with E-state index in [0.29, 0.717) is 17.4 Å². The van der Waals surface area contributed by atoms with Gasteiger partial charge in [0.05, 0.1) is 11.4 Å². The number of nitrogens with zero attached hydrogens (tertiary/aromatic N) is 3. The Morgan fingerprint density at radius 2 is 0.925 bits per heavy atom. The second-order valence-corrected chi connectivity index (χ2v) is 13.0. The standard InChI is InChI=1S/C48H34N4O/c1-31-45(32-16-3-2-4-17-32)51-47(41-26-11-5-20-35(41)33-18-15-19-34(49)30-33)52-46(31)40-25-10-8-23-38(40)36-21-6-7-22-37(36)39-24-9-12-27-42(39)48-50-43-28-13-14-29-44(43)53-48/h2-30H,49H2,1H3. The first-order valence-electron chi connectivity index (χ1n) is 17.7. The Morgan fingerprint density at radius 3 is 1.60 bits per heavy atom. The van der Waals surface area contributed by atoms with Gasteiger partial charge in [0.2, 0.25) is 5.89 Å². The van der Waals surface area contributed by atoms with E-state index in [-0.39, 0.29) is 0 Å². The highest BCUT2D eigenvalue weighted by molar-refractivity contribution is 5.96. The van der Waals surface area contributed by atoms with Crippen molar-refractivity contribution in [3.63, 3.8) is 0 Å². The average Bonchev–Trinajstić information content (AvgIpc) is 3.66. The molecule has 53 heavy (non-hydrogen) atoms. The first kappa shape index (κ1) is 31.8. The van der Waals surface area contributed by atoms with Crippen LogP contribution in [0.3, 0.4) is 0 Å². The maximum absolute atomic E-state index is 6.29. The third kappa shape index (κ3) is 5.94. The van der Waals surface area contributed by atoms with E-state index in [2.05, 4.69) is 116 Å². The van der Waals surface area contributed by atoms with Crippen LogP contribution in [0, 0.1) is 6.92 Å². The van der Waals surface area contributed by atoms with Gasteiger partial charge in [-0.3, -0.25) is 0 Å². The number of nitrogen functional groups attached to an aromatic ring is 1. The molecule has 5 nitrogen and oxygen atoms in total. The molecule has 0 saturated heterocycles. The highest BCUT2D eigenvalue weighted by Crippen LogP contribution is 2.43. The van der Waals surface area contributed by atoms with Gasteiger partial charge in [0, 0.05) is 33.5 Å². The normalized spacial score (nSPS) is 11.2. The molecule has 0 aliphatic carbocycles. The maximum atomic E-state index is 6.29. The molecule has 252 valence electrons. The van der Waals surface area contributed by atoms with Gasteiger partial charge in [-0.25, -0.2) is 15.0 Å². The molecule has 9 aromatic rings. The summed E-state index contributed by atoms with van der Waals surface area (Å²) in [5.41, 5.74) is 21.5. The van der Waals surface area contributed by atoms with Crippen LogP contribution in [0.2, 0.25) is 0 Å². The summed E-state index contributed by atoms with van der Waals surface area (Å²) in [6.45, 7) is 2.12. The van der Waals surface area contributed by atoms with E-state index in [0.717, 1.165) is 83.7 Å². The number of aromatic nitrogens is 3. The number of oxazole rings is 1. The first-order chi connectivity index (χ1) is 26.1. The first-order valence-corrected chi connectivity index (χ1v) is 17.7. The predicted octanol–water partition coefficient (Wildman–Crippen LogP) is 12.2. The zero-order valence-electron chi connectivity index (χ0n) is 29.1. The Bertz CT molecular complexity index is 2730. The molecule has 0 aliphatic heterocycles. The zero-order chi connectivity index (χ0) is 35.7. The molecule has 0 atom stereocenters. The molecule has 0 amide bonds. The van der Waals surface area contributed by atoms with E-state index in [4.69, 9.17) is 25.1 Å². The summed E-state index contributed by atoms with van der Waals surface area (Å²) < 4.78 is 6.29. The maximum Gasteiger partial charge on any atom is 0.227 e. The smallest absolute Gasteiger partial charge is 0.227 e. The summed E-state index contributed by atoms with van der Waals surface area (Å²) in [5, 5.41) is 0. The van der Waals surface area contributed by atoms with Crippen LogP contribution in [0.5, 0.6) is 0 Å². The number of rotatable bonds is 7. The Kier molecular flexibility index (Phi) is 8.14. The molecule has 5 heteroatoms. The lowest BCUT2D eigenvalue weighted by atomic mass is 9.88. The SMILES string of the molecule is Cc1c(-c2ccccc2)nc(-c2ccccc2-c2cccc(N)c2)nc1-c1ccccc1-c1ccccc1-c1ccccc1-c1nc2ccccc2o1. The highest BCUT2D eigenvalue weighted by Gasteiger charge is 2.22.